The first kappa shape index (κ1) is 27.6. The van der Waals surface area contributed by atoms with Gasteiger partial charge in [0.15, 0.2) is 0 Å². The summed E-state index contributed by atoms with van der Waals surface area (Å²) >= 11 is 0. The molecule has 0 heterocycles. The Labute approximate surface area is 275 Å². The van der Waals surface area contributed by atoms with E-state index in [4.69, 9.17) is 0 Å². The maximum atomic E-state index is 9.44. The molecule has 0 bridgehead atoms. The predicted molar refractivity (Wildman–Crippen MR) is 198 cm³/mol. The molecule has 0 fully saturated rings. The fourth-order valence-corrected chi connectivity index (χ4v) is 8.55. The number of fused-ring (bicyclic) bond motifs is 7. The molecule has 0 amide bonds. The quantitative estimate of drug-likeness (QED) is 0.185. The lowest BCUT2D eigenvalue weighted by atomic mass is 9.74. The van der Waals surface area contributed by atoms with Crippen LogP contribution in [0.3, 0.4) is 0 Å². The van der Waals surface area contributed by atoms with Crippen molar-refractivity contribution in [3.63, 3.8) is 0 Å². The third-order valence-corrected chi connectivity index (χ3v) is 10.8. The van der Waals surface area contributed by atoms with Gasteiger partial charge in [-0.05, 0) is 112 Å². The third kappa shape index (κ3) is 4.08. The standard InChI is InChI=1S/C46H33N/c1-46(2)41-19-11-10-18-38(41)45-34-15-7-6-14-33(34)40(27-42(45)46)44-36-17-9-8-16-35(36)43(31-12-4-3-5-13-31)37-25-24-32(26-39(37)44)30-22-20-29(28-47)21-23-30/h3-27,38,41H,1-2H3. The summed E-state index contributed by atoms with van der Waals surface area (Å²) in [6.07, 6.45) is 9.28. The number of rotatable bonds is 3. The molecule has 9 rings (SSSR count). The van der Waals surface area contributed by atoms with Crippen LogP contribution in [0.4, 0.5) is 0 Å². The second-order valence-corrected chi connectivity index (χ2v) is 13.6. The number of benzene rings is 7. The fraction of sp³-hybridized carbons (Fsp3) is 0.109. The van der Waals surface area contributed by atoms with E-state index in [9.17, 15) is 5.26 Å². The lowest BCUT2D eigenvalue weighted by molar-refractivity contribution is 0.394. The molecule has 2 aliphatic rings. The molecule has 1 nitrogen and oxygen atoms in total. The van der Waals surface area contributed by atoms with Crippen LogP contribution in [0.5, 0.6) is 0 Å². The molecule has 0 radical (unpaired) electrons. The van der Waals surface area contributed by atoms with Gasteiger partial charge in [0.05, 0.1) is 11.6 Å². The minimum atomic E-state index is -0.0106. The highest BCUT2D eigenvalue weighted by Crippen LogP contribution is 2.57. The van der Waals surface area contributed by atoms with Gasteiger partial charge in [-0.2, -0.15) is 5.26 Å². The fourth-order valence-electron chi connectivity index (χ4n) is 8.55. The van der Waals surface area contributed by atoms with E-state index in [1.165, 1.54) is 65.7 Å². The smallest absolute Gasteiger partial charge is 0.0991 e. The van der Waals surface area contributed by atoms with Crippen LogP contribution in [0, 0.1) is 17.2 Å². The highest BCUT2D eigenvalue weighted by molar-refractivity contribution is 6.24. The molecule has 0 N–H and O–H groups in total. The van der Waals surface area contributed by atoms with Gasteiger partial charge in [-0.15, -0.1) is 0 Å². The number of nitriles is 1. The van der Waals surface area contributed by atoms with Crippen LogP contribution < -0.4 is 0 Å². The van der Waals surface area contributed by atoms with Crippen molar-refractivity contribution < 1.29 is 0 Å². The van der Waals surface area contributed by atoms with Gasteiger partial charge in [-0.1, -0.05) is 141 Å². The number of hydrogen-bond acceptors (Lipinski definition) is 1. The molecular formula is C46H33N. The van der Waals surface area contributed by atoms with Crippen LogP contribution in [0.25, 0.3) is 65.7 Å². The van der Waals surface area contributed by atoms with Gasteiger partial charge in [0.2, 0.25) is 0 Å². The topological polar surface area (TPSA) is 23.8 Å². The monoisotopic (exact) mass is 599 g/mol. The van der Waals surface area contributed by atoms with Crippen LogP contribution >= 0.6 is 0 Å². The molecule has 0 aliphatic heterocycles. The summed E-state index contributed by atoms with van der Waals surface area (Å²) in [5.74, 6) is 0.805. The zero-order valence-corrected chi connectivity index (χ0v) is 26.5. The number of hydrogen-bond donors (Lipinski definition) is 0. The second kappa shape index (κ2) is 10.4. The van der Waals surface area contributed by atoms with Crippen molar-refractivity contribution in [2.24, 2.45) is 5.92 Å². The van der Waals surface area contributed by atoms with Crippen LogP contribution in [0.15, 0.2) is 152 Å². The van der Waals surface area contributed by atoms with E-state index in [0.717, 1.165) is 11.1 Å². The lowest BCUT2D eigenvalue weighted by Gasteiger charge is -2.29. The molecule has 7 aromatic rings. The Kier molecular flexibility index (Phi) is 6.11. The van der Waals surface area contributed by atoms with Crippen LogP contribution in [0.1, 0.15) is 36.5 Å². The molecule has 0 saturated carbocycles. The summed E-state index contributed by atoms with van der Waals surface area (Å²) in [6, 6.07) is 48.5. The maximum absolute atomic E-state index is 9.44. The van der Waals surface area contributed by atoms with Gasteiger partial charge in [0.25, 0.3) is 0 Å². The first-order valence-electron chi connectivity index (χ1n) is 16.5. The Morgan fingerprint density at radius 2 is 1.15 bits per heavy atom. The Morgan fingerprint density at radius 3 is 1.89 bits per heavy atom. The maximum Gasteiger partial charge on any atom is 0.0991 e. The van der Waals surface area contributed by atoms with Gasteiger partial charge >= 0.3 is 0 Å². The molecule has 222 valence electrons. The number of allylic oxidation sites excluding steroid dienone is 4. The summed E-state index contributed by atoms with van der Waals surface area (Å²) < 4.78 is 0. The minimum absolute atomic E-state index is 0.0106. The van der Waals surface area contributed by atoms with Crippen LogP contribution in [0.2, 0.25) is 0 Å². The molecule has 2 unspecified atom stereocenters. The Hall–Kier alpha value is -5.71. The van der Waals surface area contributed by atoms with Crippen LogP contribution in [-0.2, 0) is 5.41 Å². The van der Waals surface area contributed by atoms with E-state index in [0.29, 0.717) is 17.4 Å². The first-order valence-corrected chi connectivity index (χ1v) is 16.5. The molecular weight excluding hydrogens is 567 g/mol. The second-order valence-electron chi connectivity index (χ2n) is 13.6. The van der Waals surface area contributed by atoms with Crippen molar-refractivity contribution in [3.05, 3.63) is 168 Å². The normalized spacial score (nSPS) is 17.6. The first-order chi connectivity index (χ1) is 23.0. The van der Waals surface area contributed by atoms with Gasteiger partial charge < -0.3 is 0 Å². The summed E-state index contributed by atoms with van der Waals surface area (Å²) in [6.45, 7) is 4.85. The lowest BCUT2D eigenvalue weighted by Crippen LogP contribution is -2.24. The molecule has 1 heteroatoms. The van der Waals surface area contributed by atoms with Crippen molar-refractivity contribution in [2.45, 2.75) is 25.2 Å². The van der Waals surface area contributed by atoms with Gasteiger partial charge in [-0.25, -0.2) is 0 Å². The van der Waals surface area contributed by atoms with E-state index in [1.807, 2.05) is 12.1 Å². The molecule has 47 heavy (non-hydrogen) atoms. The molecule has 2 atom stereocenters. The van der Waals surface area contributed by atoms with Gasteiger partial charge in [0.1, 0.15) is 0 Å². The summed E-state index contributed by atoms with van der Waals surface area (Å²) in [5.41, 5.74) is 10.9. The van der Waals surface area contributed by atoms with Crippen molar-refractivity contribution in [1.29, 1.82) is 5.26 Å². The van der Waals surface area contributed by atoms with E-state index in [2.05, 4.69) is 159 Å². The summed E-state index contributed by atoms with van der Waals surface area (Å²) in [7, 11) is 0. The summed E-state index contributed by atoms with van der Waals surface area (Å²) in [4.78, 5) is 0. The highest BCUT2D eigenvalue weighted by Gasteiger charge is 2.45. The van der Waals surface area contributed by atoms with Gasteiger partial charge in [0, 0.05) is 5.92 Å². The zero-order valence-electron chi connectivity index (χ0n) is 26.5. The van der Waals surface area contributed by atoms with Crippen molar-refractivity contribution in [3.8, 4) is 39.4 Å². The Morgan fingerprint density at radius 1 is 0.532 bits per heavy atom. The van der Waals surface area contributed by atoms with Crippen LogP contribution in [-0.4, -0.2) is 0 Å². The molecule has 2 aliphatic carbocycles. The molecule has 0 spiro atoms. The Balaban J connectivity index is 1.44. The largest absolute Gasteiger partial charge is 0.192 e. The third-order valence-electron chi connectivity index (χ3n) is 10.8. The minimum Gasteiger partial charge on any atom is -0.192 e. The van der Waals surface area contributed by atoms with Gasteiger partial charge in [-0.3, -0.25) is 0 Å². The highest BCUT2D eigenvalue weighted by atomic mass is 14.5. The Bertz CT molecular complexity index is 2490. The van der Waals surface area contributed by atoms with E-state index in [-0.39, 0.29) is 5.41 Å². The average molecular weight is 600 g/mol. The average Bonchev–Trinajstić information content (AvgIpc) is 3.36. The van der Waals surface area contributed by atoms with E-state index < -0.39 is 0 Å². The SMILES string of the molecule is CC1(C)c2cc(-c3c4ccccc4c(-c4ccccc4)c4ccc(-c5ccc(C#N)cc5)cc34)c3ccccc3c2C2C=CC=CC21. The molecule has 0 saturated heterocycles. The summed E-state index contributed by atoms with van der Waals surface area (Å²) in [5, 5.41) is 17.1. The molecule has 0 aromatic heterocycles. The molecule has 7 aromatic carbocycles. The van der Waals surface area contributed by atoms with Crippen molar-refractivity contribution >= 4 is 32.3 Å². The number of nitrogens with zero attached hydrogens (tertiary/aromatic N) is 1. The van der Waals surface area contributed by atoms with E-state index >= 15 is 0 Å². The van der Waals surface area contributed by atoms with Crippen molar-refractivity contribution in [1.82, 2.24) is 0 Å². The van der Waals surface area contributed by atoms with Crippen molar-refractivity contribution in [2.75, 3.05) is 0 Å². The zero-order chi connectivity index (χ0) is 31.7. The van der Waals surface area contributed by atoms with E-state index in [1.54, 1.807) is 0 Å². The predicted octanol–water partition coefficient (Wildman–Crippen LogP) is 12.1.